The molecule has 0 saturated heterocycles. The molecule has 1 amide bonds. The molecule has 0 bridgehead atoms. The predicted octanol–water partition coefficient (Wildman–Crippen LogP) is 3.97. The Balaban J connectivity index is 2.04. The molecule has 0 aliphatic heterocycles. The van der Waals surface area contributed by atoms with Crippen LogP contribution in [-0.2, 0) is 11.8 Å². The van der Waals surface area contributed by atoms with E-state index in [4.69, 9.17) is 9.47 Å². The van der Waals surface area contributed by atoms with Gasteiger partial charge in [0, 0.05) is 6.54 Å². The summed E-state index contributed by atoms with van der Waals surface area (Å²) in [4.78, 5) is 12.6. The second-order valence-electron chi connectivity index (χ2n) is 7.02. The number of amides is 1. The molecule has 134 valence electrons. The van der Waals surface area contributed by atoms with E-state index in [1.807, 2.05) is 42.5 Å². The number of rotatable bonds is 6. The van der Waals surface area contributed by atoms with Crippen molar-refractivity contribution < 1.29 is 14.3 Å². The molecular weight excluding hydrogens is 314 g/mol. The summed E-state index contributed by atoms with van der Waals surface area (Å²) in [7, 11) is 3.23. The first kappa shape index (κ1) is 18.8. The molecule has 0 spiro atoms. The van der Waals surface area contributed by atoms with Crippen LogP contribution >= 0.6 is 0 Å². The van der Waals surface area contributed by atoms with E-state index in [2.05, 4.69) is 26.1 Å². The molecule has 2 aromatic carbocycles. The van der Waals surface area contributed by atoms with Gasteiger partial charge >= 0.3 is 0 Å². The lowest BCUT2D eigenvalue weighted by atomic mass is 9.86. The van der Waals surface area contributed by atoms with Gasteiger partial charge in [0.2, 0.25) is 0 Å². The zero-order chi connectivity index (χ0) is 18.4. The molecule has 0 aliphatic carbocycles. The molecule has 1 N–H and O–H groups in total. The van der Waals surface area contributed by atoms with Crippen LogP contribution in [0.2, 0.25) is 0 Å². The van der Waals surface area contributed by atoms with Gasteiger partial charge < -0.3 is 14.8 Å². The molecule has 0 fully saturated rings. The van der Waals surface area contributed by atoms with Crippen LogP contribution in [0.5, 0.6) is 11.5 Å². The van der Waals surface area contributed by atoms with Crippen molar-refractivity contribution in [3.05, 3.63) is 59.2 Å². The molecule has 4 nitrogen and oxygen atoms in total. The van der Waals surface area contributed by atoms with Crippen LogP contribution in [0.3, 0.4) is 0 Å². The highest BCUT2D eigenvalue weighted by atomic mass is 16.5. The van der Waals surface area contributed by atoms with E-state index in [0.29, 0.717) is 17.9 Å². The first-order valence-electron chi connectivity index (χ1n) is 8.45. The second kappa shape index (κ2) is 8.06. The number of carbonyl (C=O) groups is 1. The summed E-state index contributed by atoms with van der Waals surface area (Å²) >= 11 is 0. The fourth-order valence-electron chi connectivity index (χ4n) is 2.56. The molecule has 0 heterocycles. The van der Waals surface area contributed by atoms with Crippen LogP contribution in [0.4, 0.5) is 0 Å². The van der Waals surface area contributed by atoms with E-state index in [1.54, 1.807) is 14.2 Å². The average molecular weight is 341 g/mol. The van der Waals surface area contributed by atoms with Crippen molar-refractivity contribution in [1.29, 1.82) is 0 Å². The van der Waals surface area contributed by atoms with Crippen LogP contribution < -0.4 is 14.8 Å². The van der Waals surface area contributed by atoms with Gasteiger partial charge in [0.15, 0.2) is 0 Å². The Morgan fingerprint density at radius 2 is 1.68 bits per heavy atom. The van der Waals surface area contributed by atoms with Crippen molar-refractivity contribution in [2.24, 2.45) is 0 Å². The molecule has 0 atom stereocenters. The van der Waals surface area contributed by atoms with E-state index in [-0.39, 0.29) is 11.3 Å². The SMILES string of the molecule is COc1ccc(CCNC(=O)c2cc(C(C)(C)C)ccc2OC)cc1. The van der Waals surface area contributed by atoms with Crippen molar-refractivity contribution in [1.82, 2.24) is 5.32 Å². The highest BCUT2D eigenvalue weighted by Gasteiger charge is 2.19. The van der Waals surface area contributed by atoms with Gasteiger partial charge in [-0.25, -0.2) is 0 Å². The normalized spacial score (nSPS) is 11.1. The predicted molar refractivity (Wildman–Crippen MR) is 101 cm³/mol. The van der Waals surface area contributed by atoms with Gasteiger partial charge in [0.1, 0.15) is 11.5 Å². The monoisotopic (exact) mass is 341 g/mol. The smallest absolute Gasteiger partial charge is 0.255 e. The third kappa shape index (κ3) is 4.99. The third-order valence-corrected chi connectivity index (χ3v) is 4.17. The Labute approximate surface area is 150 Å². The van der Waals surface area contributed by atoms with Crippen LogP contribution in [0, 0.1) is 0 Å². The Hall–Kier alpha value is -2.49. The number of hydrogen-bond acceptors (Lipinski definition) is 3. The second-order valence-corrected chi connectivity index (χ2v) is 7.02. The molecule has 0 aromatic heterocycles. The Bertz CT molecular complexity index is 715. The number of benzene rings is 2. The van der Waals surface area contributed by atoms with E-state index in [1.165, 1.54) is 0 Å². The lowest BCUT2D eigenvalue weighted by molar-refractivity contribution is 0.0951. The molecule has 2 rings (SSSR count). The van der Waals surface area contributed by atoms with Crippen molar-refractivity contribution >= 4 is 5.91 Å². The van der Waals surface area contributed by atoms with E-state index >= 15 is 0 Å². The summed E-state index contributed by atoms with van der Waals surface area (Å²) in [5, 5.41) is 2.98. The molecule has 25 heavy (non-hydrogen) atoms. The Morgan fingerprint density at radius 3 is 2.24 bits per heavy atom. The maximum absolute atomic E-state index is 12.6. The minimum Gasteiger partial charge on any atom is -0.497 e. The number of hydrogen-bond donors (Lipinski definition) is 1. The number of carbonyl (C=O) groups excluding carboxylic acids is 1. The summed E-state index contributed by atoms with van der Waals surface area (Å²) in [6.45, 7) is 6.94. The lowest BCUT2D eigenvalue weighted by Gasteiger charge is -2.21. The fourth-order valence-corrected chi connectivity index (χ4v) is 2.56. The molecular formula is C21H27NO3. The fraction of sp³-hybridized carbons (Fsp3) is 0.381. The molecule has 0 unspecified atom stereocenters. The van der Waals surface area contributed by atoms with Gasteiger partial charge in [-0.1, -0.05) is 39.0 Å². The quantitative estimate of drug-likeness (QED) is 0.865. The van der Waals surface area contributed by atoms with Crippen molar-refractivity contribution in [2.75, 3.05) is 20.8 Å². The Kier molecular flexibility index (Phi) is 6.07. The standard InChI is InChI=1S/C21H27NO3/c1-21(2,3)16-8-11-19(25-5)18(14-16)20(23)22-13-12-15-6-9-17(24-4)10-7-15/h6-11,14H,12-13H2,1-5H3,(H,22,23). The first-order chi connectivity index (χ1) is 11.8. The maximum Gasteiger partial charge on any atom is 0.255 e. The summed E-state index contributed by atoms with van der Waals surface area (Å²) in [6.07, 6.45) is 0.761. The van der Waals surface area contributed by atoms with Gasteiger partial charge in [-0.2, -0.15) is 0 Å². The maximum atomic E-state index is 12.6. The molecule has 0 aliphatic rings. The molecule has 2 aromatic rings. The van der Waals surface area contributed by atoms with E-state index in [0.717, 1.165) is 23.3 Å². The van der Waals surface area contributed by atoms with Crippen molar-refractivity contribution in [2.45, 2.75) is 32.6 Å². The first-order valence-corrected chi connectivity index (χ1v) is 8.45. The number of nitrogens with one attached hydrogen (secondary N) is 1. The summed E-state index contributed by atoms with van der Waals surface area (Å²) in [5.41, 5.74) is 2.81. The highest BCUT2D eigenvalue weighted by Crippen LogP contribution is 2.27. The zero-order valence-electron chi connectivity index (χ0n) is 15.7. The zero-order valence-corrected chi connectivity index (χ0v) is 15.7. The Morgan fingerprint density at radius 1 is 1.00 bits per heavy atom. The van der Waals surface area contributed by atoms with E-state index < -0.39 is 0 Å². The molecule has 0 radical (unpaired) electrons. The summed E-state index contributed by atoms with van der Waals surface area (Å²) in [5.74, 6) is 1.31. The summed E-state index contributed by atoms with van der Waals surface area (Å²) < 4.78 is 10.5. The van der Waals surface area contributed by atoms with Gasteiger partial charge in [0.25, 0.3) is 5.91 Å². The van der Waals surface area contributed by atoms with Crippen LogP contribution in [-0.4, -0.2) is 26.7 Å². The lowest BCUT2D eigenvalue weighted by Crippen LogP contribution is -2.26. The van der Waals surface area contributed by atoms with Gasteiger partial charge in [-0.15, -0.1) is 0 Å². The van der Waals surface area contributed by atoms with Crippen molar-refractivity contribution in [3.63, 3.8) is 0 Å². The molecule has 4 heteroatoms. The summed E-state index contributed by atoms with van der Waals surface area (Å²) in [6, 6.07) is 13.6. The van der Waals surface area contributed by atoms with Gasteiger partial charge in [-0.3, -0.25) is 4.79 Å². The highest BCUT2D eigenvalue weighted by molar-refractivity contribution is 5.97. The van der Waals surface area contributed by atoms with Crippen LogP contribution in [0.25, 0.3) is 0 Å². The van der Waals surface area contributed by atoms with Gasteiger partial charge in [-0.05, 0) is 47.2 Å². The average Bonchev–Trinajstić information content (AvgIpc) is 2.60. The largest absolute Gasteiger partial charge is 0.497 e. The van der Waals surface area contributed by atoms with E-state index in [9.17, 15) is 4.79 Å². The minimum absolute atomic E-state index is 0.0234. The van der Waals surface area contributed by atoms with Gasteiger partial charge in [0.05, 0.1) is 19.8 Å². The number of methoxy groups -OCH3 is 2. The number of ether oxygens (including phenoxy) is 2. The van der Waals surface area contributed by atoms with Crippen LogP contribution in [0.1, 0.15) is 42.3 Å². The third-order valence-electron chi connectivity index (χ3n) is 4.17. The van der Waals surface area contributed by atoms with Crippen LogP contribution in [0.15, 0.2) is 42.5 Å². The topological polar surface area (TPSA) is 47.6 Å². The molecule has 0 saturated carbocycles. The van der Waals surface area contributed by atoms with Crippen molar-refractivity contribution in [3.8, 4) is 11.5 Å². The minimum atomic E-state index is -0.114.